The highest BCUT2D eigenvalue weighted by Crippen LogP contribution is 2.23. The van der Waals surface area contributed by atoms with E-state index in [1.807, 2.05) is 13.1 Å². The Morgan fingerprint density at radius 1 is 1.47 bits per heavy atom. The van der Waals surface area contributed by atoms with E-state index in [0.29, 0.717) is 5.75 Å². The third-order valence-electron chi connectivity index (χ3n) is 3.46. The van der Waals surface area contributed by atoms with Gasteiger partial charge < -0.3 is 5.32 Å². The van der Waals surface area contributed by atoms with Crippen LogP contribution in [0.3, 0.4) is 0 Å². The molecule has 0 radical (unpaired) electrons. The van der Waals surface area contributed by atoms with Crippen LogP contribution in [-0.4, -0.2) is 40.7 Å². The maximum atomic E-state index is 11.7. The molecule has 0 bridgehead atoms. The van der Waals surface area contributed by atoms with Gasteiger partial charge in [0.2, 0.25) is 0 Å². The molecule has 6 nitrogen and oxygen atoms in total. The number of aromatic nitrogens is 3. The van der Waals surface area contributed by atoms with Gasteiger partial charge in [-0.05, 0) is 18.9 Å². The van der Waals surface area contributed by atoms with Crippen molar-refractivity contribution in [3.8, 4) is 0 Å². The van der Waals surface area contributed by atoms with E-state index in [1.54, 1.807) is 17.1 Å². The predicted molar refractivity (Wildman–Crippen MR) is 73.8 cm³/mol. The lowest BCUT2D eigenvalue weighted by Gasteiger charge is -2.24. The minimum Gasteiger partial charge on any atom is -0.381 e. The Bertz CT molecular complexity index is 708. The lowest BCUT2D eigenvalue weighted by molar-refractivity contribution is 0.562. The Hall–Kier alpha value is -1.63. The van der Waals surface area contributed by atoms with Crippen LogP contribution in [0.4, 0.5) is 5.69 Å². The molecule has 3 rings (SSSR count). The minimum absolute atomic E-state index is 0.0236. The fraction of sp³-hybridized carbons (Fsp3) is 0.500. The van der Waals surface area contributed by atoms with Gasteiger partial charge in [0, 0.05) is 25.0 Å². The van der Waals surface area contributed by atoms with E-state index in [9.17, 15) is 8.42 Å². The molecule has 0 aliphatic carbocycles. The minimum atomic E-state index is -2.90. The highest BCUT2D eigenvalue weighted by Gasteiger charge is 2.25. The molecule has 0 amide bonds. The van der Waals surface area contributed by atoms with Gasteiger partial charge in [-0.1, -0.05) is 0 Å². The summed E-state index contributed by atoms with van der Waals surface area (Å²) in [5.74, 6) is 0.515. The second-order valence-corrected chi connectivity index (χ2v) is 7.19. The van der Waals surface area contributed by atoms with Gasteiger partial charge in [0.05, 0.1) is 23.1 Å². The second-order valence-electron chi connectivity index (χ2n) is 4.96. The first-order valence-electron chi connectivity index (χ1n) is 6.29. The van der Waals surface area contributed by atoms with Crippen molar-refractivity contribution in [1.82, 2.24) is 14.8 Å². The number of hydrogen-bond acceptors (Lipinski definition) is 5. The summed E-state index contributed by atoms with van der Waals surface area (Å²) in [5.41, 5.74) is 1.70. The van der Waals surface area contributed by atoms with Crippen molar-refractivity contribution in [2.75, 3.05) is 16.8 Å². The van der Waals surface area contributed by atoms with Crippen LogP contribution in [0.15, 0.2) is 18.5 Å². The van der Waals surface area contributed by atoms with Crippen LogP contribution < -0.4 is 5.32 Å². The molecular weight excluding hydrogens is 264 g/mol. The maximum absolute atomic E-state index is 11.7. The van der Waals surface area contributed by atoms with Crippen molar-refractivity contribution in [1.29, 1.82) is 0 Å². The highest BCUT2D eigenvalue weighted by atomic mass is 32.2. The number of aryl methyl sites for hydroxylation is 1. The molecule has 1 atom stereocenters. The molecule has 1 N–H and O–H groups in total. The van der Waals surface area contributed by atoms with Crippen LogP contribution in [0.2, 0.25) is 0 Å². The van der Waals surface area contributed by atoms with Gasteiger partial charge in [-0.2, -0.15) is 5.10 Å². The molecular formula is C12H16N4O2S. The number of rotatable bonds is 2. The third kappa shape index (κ3) is 2.42. The molecule has 1 aliphatic heterocycles. The molecule has 2 aromatic heterocycles. The fourth-order valence-corrected chi connectivity index (χ4v) is 4.17. The van der Waals surface area contributed by atoms with Gasteiger partial charge in [-0.25, -0.2) is 13.4 Å². The van der Waals surface area contributed by atoms with Gasteiger partial charge >= 0.3 is 0 Å². The lowest BCUT2D eigenvalue weighted by Crippen LogP contribution is -2.34. The van der Waals surface area contributed by atoms with Crippen molar-refractivity contribution < 1.29 is 8.42 Å². The van der Waals surface area contributed by atoms with Gasteiger partial charge in [-0.15, -0.1) is 0 Å². The first-order valence-corrected chi connectivity index (χ1v) is 8.11. The van der Waals surface area contributed by atoms with Gasteiger partial charge in [0.25, 0.3) is 0 Å². The average Bonchev–Trinajstić information content (AvgIpc) is 2.71. The number of fused-ring (bicyclic) bond motifs is 1. The van der Waals surface area contributed by atoms with Gasteiger partial charge in [0.1, 0.15) is 0 Å². The summed E-state index contributed by atoms with van der Waals surface area (Å²) in [6, 6.07) is 1.84. The molecule has 7 heteroatoms. The number of anilines is 1. The van der Waals surface area contributed by atoms with E-state index in [-0.39, 0.29) is 11.8 Å². The van der Waals surface area contributed by atoms with E-state index in [4.69, 9.17) is 0 Å². The zero-order chi connectivity index (χ0) is 13.5. The lowest BCUT2D eigenvalue weighted by atomic mass is 10.1. The normalized spacial score (nSPS) is 22.5. The summed E-state index contributed by atoms with van der Waals surface area (Å²) >= 11 is 0. The van der Waals surface area contributed by atoms with Crippen molar-refractivity contribution in [2.45, 2.75) is 18.9 Å². The Morgan fingerprint density at radius 2 is 2.32 bits per heavy atom. The third-order valence-corrected chi connectivity index (χ3v) is 5.28. The first kappa shape index (κ1) is 12.4. The molecule has 1 fully saturated rings. The number of nitrogens with zero attached hydrogens (tertiary/aromatic N) is 3. The molecule has 1 aliphatic rings. The molecule has 1 saturated heterocycles. The van der Waals surface area contributed by atoms with E-state index < -0.39 is 9.84 Å². The van der Waals surface area contributed by atoms with Crippen LogP contribution in [0, 0.1) is 0 Å². The van der Waals surface area contributed by atoms with E-state index in [2.05, 4.69) is 15.4 Å². The quantitative estimate of drug-likeness (QED) is 0.886. The van der Waals surface area contributed by atoms with Crippen LogP contribution in [0.5, 0.6) is 0 Å². The van der Waals surface area contributed by atoms with Crippen molar-refractivity contribution in [2.24, 2.45) is 7.05 Å². The molecule has 1 unspecified atom stereocenters. The average molecular weight is 280 g/mol. The zero-order valence-electron chi connectivity index (χ0n) is 10.7. The Labute approximate surface area is 111 Å². The summed E-state index contributed by atoms with van der Waals surface area (Å²) in [6.07, 6.45) is 5.07. The summed E-state index contributed by atoms with van der Waals surface area (Å²) < 4.78 is 25.0. The van der Waals surface area contributed by atoms with E-state index in [1.165, 1.54) is 0 Å². The summed E-state index contributed by atoms with van der Waals surface area (Å²) in [5, 5.41) is 8.42. The monoisotopic (exact) mass is 280 g/mol. The van der Waals surface area contributed by atoms with Crippen LogP contribution in [0.1, 0.15) is 12.8 Å². The topological polar surface area (TPSA) is 76.9 Å². The van der Waals surface area contributed by atoms with Crippen LogP contribution in [0.25, 0.3) is 11.0 Å². The molecule has 0 saturated carbocycles. The van der Waals surface area contributed by atoms with Gasteiger partial charge in [-0.3, -0.25) is 4.68 Å². The number of sulfone groups is 1. The standard InChI is InChI=1S/C12H16N4O2S/c1-16-12-10(7-14-16)11(4-5-13-12)15-9-3-2-6-19(17,18)8-9/h4-5,7,9H,2-3,6,8H2,1H3,(H,13,15). The molecule has 0 spiro atoms. The van der Waals surface area contributed by atoms with Crippen molar-refractivity contribution >= 4 is 26.6 Å². The Balaban J connectivity index is 1.89. The highest BCUT2D eigenvalue weighted by molar-refractivity contribution is 7.91. The van der Waals surface area contributed by atoms with Crippen LogP contribution >= 0.6 is 0 Å². The van der Waals surface area contributed by atoms with E-state index in [0.717, 1.165) is 29.6 Å². The molecule has 3 heterocycles. The summed E-state index contributed by atoms with van der Waals surface area (Å²) in [6.45, 7) is 0. The first-order chi connectivity index (χ1) is 9.05. The van der Waals surface area contributed by atoms with E-state index >= 15 is 0 Å². The van der Waals surface area contributed by atoms with Crippen LogP contribution in [-0.2, 0) is 16.9 Å². The SMILES string of the molecule is Cn1ncc2c(NC3CCCS(=O)(=O)C3)ccnc21. The number of nitrogens with one attached hydrogen (secondary N) is 1. The van der Waals surface area contributed by atoms with Crippen molar-refractivity contribution in [3.63, 3.8) is 0 Å². The molecule has 2 aromatic rings. The Kier molecular flexibility index (Phi) is 2.93. The molecule has 102 valence electrons. The smallest absolute Gasteiger partial charge is 0.159 e. The number of hydrogen-bond donors (Lipinski definition) is 1. The summed E-state index contributed by atoms with van der Waals surface area (Å²) in [4.78, 5) is 4.27. The fourth-order valence-electron chi connectivity index (χ4n) is 2.53. The summed E-state index contributed by atoms with van der Waals surface area (Å²) in [7, 11) is -1.06. The largest absolute Gasteiger partial charge is 0.381 e. The van der Waals surface area contributed by atoms with Gasteiger partial charge in [0.15, 0.2) is 15.5 Å². The molecule has 19 heavy (non-hydrogen) atoms. The number of pyridine rings is 1. The van der Waals surface area contributed by atoms with Crippen molar-refractivity contribution in [3.05, 3.63) is 18.5 Å². The maximum Gasteiger partial charge on any atom is 0.159 e. The predicted octanol–water partition coefficient (Wildman–Crippen LogP) is 0.957. The zero-order valence-corrected chi connectivity index (χ0v) is 11.5. The Morgan fingerprint density at radius 3 is 3.11 bits per heavy atom. The molecule has 0 aromatic carbocycles. The second kappa shape index (κ2) is 4.48.